The molecule has 7 nitrogen and oxygen atoms in total. The van der Waals surface area contributed by atoms with E-state index in [2.05, 4.69) is 0 Å². The van der Waals surface area contributed by atoms with E-state index < -0.39 is 39.4 Å². The summed E-state index contributed by atoms with van der Waals surface area (Å²) in [6.45, 7) is 18.3. The summed E-state index contributed by atoms with van der Waals surface area (Å²) in [4.78, 5) is 14.7. The molecule has 0 atom stereocenters. The van der Waals surface area contributed by atoms with Crippen molar-refractivity contribution in [1.82, 2.24) is 0 Å². The van der Waals surface area contributed by atoms with Crippen LogP contribution in [0.4, 0.5) is 0 Å². The van der Waals surface area contributed by atoms with Crippen molar-refractivity contribution in [2.75, 3.05) is 0 Å². The van der Waals surface area contributed by atoms with Crippen molar-refractivity contribution < 1.29 is 35.4 Å². The number of hydrogen-bond donors (Lipinski definition) is 6. The van der Waals surface area contributed by atoms with Gasteiger partial charge in [0.2, 0.25) is 0 Å². The predicted molar refractivity (Wildman–Crippen MR) is 148 cm³/mol. The molecule has 0 aromatic heterocycles. The van der Waals surface area contributed by atoms with Crippen LogP contribution >= 0.6 is 0 Å². The Kier molecular flexibility index (Phi) is 8.03. The highest BCUT2D eigenvalue weighted by Gasteiger charge is 2.39. The van der Waals surface area contributed by atoms with Crippen molar-refractivity contribution in [1.29, 1.82) is 0 Å². The molecule has 0 bridgehead atoms. The fraction of sp³-hybridized carbons (Fsp3) is 0.581. The quantitative estimate of drug-likeness (QED) is 0.280. The zero-order valence-electron chi connectivity index (χ0n) is 24.9. The van der Waals surface area contributed by atoms with Gasteiger partial charge in [0.1, 0.15) is 0 Å². The molecular formula is C31H46O7. The second kappa shape index (κ2) is 9.51. The van der Waals surface area contributed by atoms with Crippen LogP contribution in [-0.2, 0) is 33.6 Å². The smallest absolute Gasteiger partial charge is 0.194 e. The van der Waals surface area contributed by atoms with E-state index in [1.807, 2.05) is 0 Å². The lowest BCUT2D eigenvalue weighted by atomic mass is 9.74. The van der Waals surface area contributed by atoms with Crippen LogP contribution in [0.1, 0.15) is 132 Å². The van der Waals surface area contributed by atoms with Crippen LogP contribution in [0.25, 0.3) is 0 Å². The van der Waals surface area contributed by atoms with Crippen molar-refractivity contribution >= 4 is 5.78 Å². The molecule has 0 heterocycles. The average Bonchev–Trinajstić information content (AvgIpc) is 2.67. The van der Waals surface area contributed by atoms with Crippen LogP contribution in [0.2, 0.25) is 0 Å². The lowest BCUT2D eigenvalue weighted by Crippen LogP contribution is -2.33. The van der Waals surface area contributed by atoms with Crippen molar-refractivity contribution in [3.63, 3.8) is 0 Å². The van der Waals surface area contributed by atoms with E-state index in [1.54, 1.807) is 52.0 Å². The second-order valence-corrected chi connectivity index (χ2v) is 13.6. The lowest BCUT2D eigenvalue weighted by molar-refractivity contribution is 0.0603. The Labute approximate surface area is 226 Å². The molecule has 0 unspecified atom stereocenters. The van der Waals surface area contributed by atoms with Crippen molar-refractivity contribution in [2.24, 2.45) is 0 Å². The van der Waals surface area contributed by atoms with Gasteiger partial charge in [-0.2, -0.15) is 0 Å². The molecule has 212 valence electrons. The summed E-state index contributed by atoms with van der Waals surface area (Å²) < 4.78 is 0. The summed E-state index contributed by atoms with van der Waals surface area (Å²) in [7, 11) is 0. The van der Waals surface area contributed by atoms with Crippen LogP contribution in [0.3, 0.4) is 0 Å². The molecule has 0 saturated heterocycles. The molecule has 0 spiro atoms. The number of carbonyl (C=O) groups is 1. The van der Waals surface area contributed by atoms with Gasteiger partial charge < -0.3 is 30.6 Å². The van der Waals surface area contributed by atoms with Gasteiger partial charge in [-0.25, -0.2) is 0 Å². The van der Waals surface area contributed by atoms with Gasteiger partial charge >= 0.3 is 0 Å². The molecule has 6 N–H and O–H groups in total. The normalized spacial score (nSPS) is 14.2. The van der Waals surface area contributed by atoms with Gasteiger partial charge in [0, 0.05) is 11.1 Å². The predicted octanol–water partition coefficient (Wildman–Crippen LogP) is 4.28. The minimum atomic E-state index is -1.57. The highest BCUT2D eigenvalue weighted by Crippen LogP contribution is 2.42. The van der Waals surface area contributed by atoms with E-state index >= 15 is 0 Å². The van der Waals surface area contributed by atoms with Gasteiger partial charge in [-0.15, -0.1) is 0 Å². The fourth-order valence-corrected chi connectivity index (χ4v) is 4.53. The highest BCUT2D eigenvalue weighted by molar-refractivity contribution is 6.13. The SMILES string of the molecule is CC(C)(O)c1cc(C(C)(C)O)c(C(=O)c2c(C(C)(C)O)cc(C(C)(C)O)cc2C(C)(C)O)c(C(C)(C)O)c1. The van der Waals surface area contributed by atoms with E-state index in [1.165, 1.54) is 55.4 Å². The maximum Gasteiger partial charge on any atom is 0.194 e. The van der Waals surface area contributed by atoms with Crippen LogP contribution in [-0.4, -0.2) is 36.4 Å². The maximum atomic E-state index is 14.7. The Bertz CT molecular complexity index is 1050. The van der Waals surface area contributed by atoms with Crippen molar-refractivity contribution in [2.45, 2.75) is 117 Å². The molecule has 0 radical (unpaired) electrons. The third kappa shape index (κ3) is 6.71. The zero-order chi connectivity index (χ0) is 30.0. The minimum absolute atomic E-state index is 0.00464. The zero-order valence-corrected chi connectivity index (χ0v) is 24.9. The number of aliphatic hydroxyl groups is 6. The van der Waals surface area contributed by atoms with Gasteiger partial charge in [0.25, 0.3) is 0 Å². The van der Waals surface area contributed by atoms with E-state index in [-0.39, 0.29) is 33.4 Å². The van der Waals surface area contributed by atoms with E-state index in [4.69, 9.17) is 0 Å². The Balaban J connectivity index is 3.24. The molecule has 0 fully saturated rings. The number of rotatable bonds is 8. The Morgan fingerprint density at radius 3 is 0.737 bits per heavy atom. The van der Waals surface area contributed by atoms with Crippen LogP contribution in [0, 0.1) is 0 Å². The molecule has 0 aliphatic rings. The number of carbonyl (C=O) groups excluding carboxylic acids is 1. The molecule has 2 rings (SSSR count). The van der Waals surface area contributed by atoms with E-state index in [0.717, 1.165) is 0 Å². The molecule has 0 saturated carbocycles. The third-order valence-electron chi connectivity index (χ3n) is 6.78. The Hall–Kier alpha value is -2.13. The summed E-state index contributed by atoms with van der Waals surface area (Å²) in [5.74, 6) is -0.627. The summed E-state index contributed by atoms with van der Waals surface area (Å²) in [6, 6.07) is 6.17. The number of ketones is 1. The Morgan fingerprint density at radius 2 is 0.605 bits per heavy atom. The van der Waals surface area contributed by atoms with Gasteiger partial charge in [-0.3, -0.25) is 4.79 Å². The first kappa shape index (κ1) is 32.1. The first-order valence-electron chi connectivity index (χ1n) is 12.9. The molecule has 38 heavy (non-hydrogen) atoms. The summed E-state index contributed by atoms with van der Waals surface area (Å²) in [5, 5.41) is 66.4. The van der Waals surface area contributed by atoms with Crippen LogP contribution < -0.4 is 0 Å². The monoisotopic (exact) mass is 530 g/mol. The summed E-state index contributed by atoms with van der Waals surface area (Å²) in [6.07, 6.45) is 0. The minimum Gasteiger partial charge on any atom is -0.386 e. The van der Waals surface area contributed by atoms with E-state index in [0.29, 0.717) is 11.1 Å². The lowest BCUT2D eigenvalue weighted by Gasteiger charge is -2.34. The molecular weight excluding hydrogens is 484 g/mol. The van der Waals surface area contributed by atoms with Crippen LogP contribution in [0.5, 0.6) is 0 Å². The topological polar surface area (TPSA) is 138 Å². The highest BCUT2D eigenvalue weighted by atomic mass is 16.3. The second-order valence-electron chi connectivity index (χ2n) is 13.6. The van der Waals surface area contributed by atoms with Gasteiger partial charge in [0.05, 0.1) is 33.6 Å². The first-order valence-corrected chi connectivity index (χ1v) is 12.9. The molecule has 0 amide bonds. The number of hydrogen-bond acceptors (Lipinski definition) is 7. The number of benzene rings is 2. The first-order chi connectivity index (χ1) is 16.6. The standard InChI is InChI=1S/C31H46O7/c1-26(2,33)17-13-19(28(5,6)35)23(20(14-17)29(7,8)36)25(32)24-21(30(9,10)37)15-18(27(3,4)34)16-22(24)31(11,12)38/h13-16,33-38H,1-12H3. The van der Waals surface area contributed by atoms with Crippen molar-refractivity contribution in [3.05, 3.63) is 68.8 Å². The fourth-order valence-electron chi connectivity index (χ4n) is 4.53. The summed E-state index contributed by atoms with van der Waals surface area (Å²) in [5.41, 5.74) is -7.45. The molecule has 2 aromatic rings. The third-order valence-corrected chi connectivity index (χ3v) is 6.78. The molecule has 7 heteroatoms. The Morgan fingerprint density at radius 1 is 0.421 bits per heavy atom. The maximum absolute atomic E-state index is 14.7. The molecule has 2 aromatic carbocycles. The van der Waals surface area contributed by atoms with Crippen LogP contribution in [0.15, 0.2) is 24.3 Å². The van der Waals surface area contributed by atoms with Gasteiger partial charge in [-0.1, -0.05) is 0 Å². The van der Waals surface area contributed by atoms with E-state index in [9.17, 15) is 35.4 Å². The molecule has 0 aliphatic heterocycles. The van der Waals surface area contributed by atoms with Gasteiger partial charge in [0.15, 0.2) is 5.78 Å². The molecule has 0 aliphatic carbocycles. The summed E-state index contributed by atoms with van der Waals surface area (Å²) >= 11 is 0. The van der Waals surface area contributed by atoms with Gasteiger partial charge in [-0.05, 0) is 141 Å². The average molecular weight is 531 g/mol. The largest absolute Gasteiger partial charge is 0.386 e. The van der Waals surface area contributed by atoms with Crippen molar-refractivity contribution in [3.8, 4) is 0 Å².